The van der Waals surface area contributed by atoms with Gasteiger partial charge in [-0.1, -0.05) is 56.1 Å². The van der Waals surface area contributed by atoms with E-state index in [-0.39, 0.29) is 0 Å². The Labute approximate surface area is 96.3 Å². The van der Waals surface area contributed by atoms with Crippen LogP contribution in [0, 0.1) is 6.92 Å². The quantitative estimate of drug-likeness (QED) is 0.718. The minimum atomic E-state index is 1.02. The Hall–Kier alpha value is -0.0800. The highest BCUT2D eigenvalue weighted by molar-refractivity contribution is 9.10. The third-order valence-electron chi connectivity index (χ3n) is 1.88. The zero-order valence-corrected chi connectivity index (χ0v) is 10.7. The average Bonchev–Trinajstić information content (AvgIpc) is 2.13. The van der Waals surface area contributed by atoms with E-state index in [2.05, 4.69) is 69.1 Å². The number of hydrogen-bond acceptors (Lipinski definition) is 0. The maximum Gasteiger partial charge on any atom is 0.0210 e. The van der Waals surface area contributed by atoms with Gasteiger partial charge >= 0.3 is 0 Å². The minimum Gasteiger partial charge on any atom is -0.0925 e. The fourth-order valence-electron chi connectivity index (χ4n) is 1.08. The molecule has 2 heteroatoms. The van der Waals surface area contributed by atoms with Gasteiger partial charge in [0, 0.05) is 9.80 Å². The second kappa shape index (κ2) is 5.61. The maximum absolute atomic E-state index is 3.51. The number of benzene rings is 1. The summed E-state index contributed by atoms with van der Waals surface area (Å²) in [5, 5.41) is 1.02. The summed E-state index contributed by atoms with van der Waals surface area (Å²) < 4.78 is 1.17. The molecule has 0 nitrogen and oxygen atoms in total. The molecule has 70 valence electrons. The number of hydrogen-bond donors (Lipinski definition) is 0. The van der Waals surface area contributed by atoms with Crippen molar-refractivity contribution < 1.29 is 0 Å². The Kier molecular flexibility index (Phi) is 4.74. The van der Waals surface area contributed by atoms with Crippen LogP contribution in [0.2, 0.25) is 0 Å². The molecule has 0 saturated heterocycles. The van der Waals surface area contributed by atoms with E-state index >= 15 is 0 Å². The Morgan fingerprint density at radius 1 is 1.38 bits per heavy atom. The molecule has 0 spiro atoms. The van der Waals surface area contributed by atoms with Gasteiger partial charge in [0.25, 0.3) is 0 Å². The summed E-state index contributed by atoms with van der Waals surface area (Å²) in [5.41, 5.74) is 2.59. The van der Waals surface area contributed by atoms with Crippen molar-refractivity contribution in [3.05, 3.63) is 39.9 Å². The summed E-state index contributed by atoms with van der Waals surface area (Å²) in [5.74, 6) is 0. The van der Waals surface area contributed by atoms with Crippen molar-refractivity contribution >= 4 is 37.9 Å². The number of alkyl halides is 1. The largest absolute Gasteiger partial charge is 0.0925 e. The van der Waals surface area contributed by atoms with Gasteiger partial charge in [-0.05, 0) is 30.5 Å². The standard InChI is InChI=1S/C11H12Br2/c1-9-10(5-2-3-8-12)6-4-7-11(9)13/h2,4-7H,3,8H2,1H3/b5-2+. The van der Waals surface area contributed by atoms with Crippen LogP contribution >= 0.6 is 31.9 Å². The van der Waals surface area contributed by atoms with Crippen LogP contribution in [0.1, 0.15) is 17.5 Å². The summed E-state index contributed by atoms with van der Waals surface area (Å²) in [6.07, 6.45) is 5.43. The van der Waals surface area contributed by atoms with Crippen LogP contribution in [-0.4, -0.2) is 5.33 Å². The van der Waals surface area contributed by atoms with Crippen LogP contribution in [0.5, 0.6) is 0 Å². The molecule has 0 aliphatic rings. The fourth-order valence-corrected chi connectivity index (χ4v) is 1.72. The molecular formula is C11H12Br2. The van der Waals surface area contributed by atoms with Crippen LogP contribution in [0.3, 0.4) is 0 Å². The molecule has 0 bridgehead atoms. The summed E-state index contributed by atoms with van der Waals surface area (Å²) in [6.45, 7) is 2.12. The van der Waals surface area contributed by atoms with Crippen molar-refractivity contribution in [2.45, 2.75) is 13.3 Å². The van der Waals surface area contributed by atoms with Gasteiger partial charge in [-0.3, -0.25) is 0 Å². The monoisotopic (exact) mass is 302 g/mol. The molecular weight excluding hydrogens is 292 g/mol. The van der Waals surface area contributed by atoms with Crippen LogP contribution in [-0.2, 0) is 0 Å². The van der Waals surface area contributed by atoms with Crippen molar-refractivity contribution in [2.75, 3.05) is 5.33 Å². The van der Waals surface area contributed by atoms with E-state index in [1.54, 1.807) is 0 Å². The van der Waals surface area contributed by atoms with Crippen molar-refractivity contribution in [3.63, 3.8) is 0 Å². The lowest BCUT2D eigenvalue weighted by Gasteiger charge is -2.01. The zero-order chi connectivity index (χ0) is 9.68. The van der Waals surface area contributed by atoms with E-state index in [1.165, 1.54) is 15.6 Å². The first-order valence-corrected chi connectivity index (χ1v) is 6.14. The first-order chi connectivity index (χ1) is 6.25. The van der Waals surface area contributed by atoms with E-state index in [0.29, 0.717) is 0 Å². The van der Waals surface area contributed by atoms with Gasteiger partial charge in [-0.2, -0.15) is 0 Å². The third kappa shape index (κ3) is 3.28. The molecule has 0 atom stereocenters. The van der Waals surface area contributed by atoms with Gasteiger partial charge in [0.1, 0.15) is 0 Å². The topological polar surface area (TPSA) is 0 Å². The number of rotatable bonds is 3. The van der Waals surface area contributed by atoms with Crippen molar-refractivity contribution in [3.8, 4) is 0 Å². The van der Waals surface area contributed by atoms with Gasteiger partial charge < -0.3 is 0 Å². The Morgan fingerprint density at radius 3 is 2.85 bits per heavy atom. The SMILES string of the molecule is Cc1c(Br)cccc1/C=C/CCBr. The molecule has 0 amide bonds. The highest BCUT2D eigenvalue weighted by Gasteiger charge is 1.96. The summed E-state index contributed by atoms with van der Waals surface area (Å²) in [6, 6.07) is 6.26. The molecule has 13 heavy (non-hydrogen) atoms. The molecule has 0 radical (unpaired) electrons. The summed E-state index contributed by atoms with van der Waals surface area (Å²) >= 11 is 6.91. The molecule has 1 aromatic rings. The van der Waals surface area contributed by atoms with E-state index in [0.717, 1.165) is 11.8 Å². The molecule has 1 rings (SSSR count). The lowest BCUT2D eigenvalue weighted by molar-refractivity contribution is 1.27. The highest BCUT2D eigenvalue weighted by atomic mass is 79.9. The zero-order valence-electron chi connectivity index (χ0n) is 7.56. The molecule has 0 aliphatic heterocycles. The van der Waals surface area contributed by atoms with E-state index < -0.39 is 0 Å². The molecule has 0 aromatic heterocycles. The Morgan fingerprint density at radius 2 is 2.15 bits per heavy atom. The highest BCUT2D eigenvalue weighted by Crippen LogP contribution is 2.20. The number of halogens is 2. The van der Waals surface area contributed by atoms with E-state index in [9.17, 15) is 0 Å². The van der Waals surface area contributed by atoms with Gasteiger partial charge in [0.15, 0.2) is 0 Å². The lowest BCUT2D eigenvalue weighted by atomic mass is 10.1. The second-order valence-electron chi connectivity index (χ2n) is 2.83. The predicted octanol–water partition coefficient (Wildman–Crippen LogP) is 4.56. The van der Waals surface area contributed by atoms with Gasteiger partial charge in [-0.25, -0.2) is 0 Å². The van der Waals surface area contributed by atoms with Gasteiger partial charge in [0.05, 0.1) is 0 Å². The Bertz CT molecular complexity index is 303. The summed E-state index contributed by atoms with van der Waals surface area (Å²) in [4.78, 5) is 0. The van der Waals surface area contributed by atoms with Gasteiger partial charge in [-0.15, -0.1) is 0 Å². The minimum absolute atomic E-state index is 1.02. The van der Waals surface area contributed by atoms with E-state index in [4.69, 9.17) is 0 Å². The van der Waals surface area contributed by atoms with Crippen LogP contribution in [0.15, 0.2) is 28.7 Å². The summed E-state index contributed by atoms with van der Waals surface area (Å²) in [7, 11) is 0. The van der Waals surface area contributed by atoms with Crippen molar-refractivity contribution in [1.82, 2.24) is 0 Å². The fraction of sp³-hybridized carbons (Fsp3) is 0.273. The van der Waals surface area contributed by atoms with Crippen LogP contribution in [0.25, 0.3) is 6.08 Å². The van der Waals surface area contributed by atoms with Crippen molar-refractivity contribution in [1.29, 1.82) is 0 Å². The van der Waals surface area contributed by atoms with Gasteiger partial charge in [0.2, 0.25) is 0 Å². The smallest absolute Gasteiger partial charge is 0.0210 e. The molecule has 0 saturated carbocycles. The third-order valence-corrected chi connectivity index (χ3v) is 3.20. The van der Waals surface area contributed by atoms with Crippen LogP contribution < -0.4 is 0 Å². The average molecular weight is 304 g/mol. The Balaban J connectivity index is 2.83. The molecule has 0 aliphatic carbocycles. The lowest BCUT2D eigenvalue weighted by Crippen LogP contribution is -1.81. The second-order valence-corrected chi connectivity index (χ2v) is 4.48. The normalized spacial score (nSPS) is 11.0. The first-order valence-electron chi connectivity index (χ1n) is 4.23. The van der Waals surface area contributed by atoms with Crippen molar-refractivity contribution in [2.24, 2.45) is 0 Å². The first kappa shape index (κ1) is 11.0. The molecule has 0 heterocycles. The molecule has 0 fully saturated rings. The molecule has 1 aromatic carbocycles. The van der Waals surface area contributed by atoms with E-state index in [1.807, 2.05) is 0 Å². The molecule has 0 unspecified atom stereocenters. The number of allylic oxidation sites excluding steroid dienone is 1. The van der Waals surface area contributed by atoms with Crippen LogP contribution in [0.4, 0.5) is 0 Å². The maximum atomic E-state index is 3.51. The predicted molar refractivity (Wildman–Crippen MR) is 66.3 cm³/mol. The molecule has 0 N–H and O–H groups in total.